The number of aryl methyl sites for hydroxylation is 1. The number of hydrogen-bond donors (Lipinski definition) is 3. The SMILES string of the molecule is CC[C@H]1CCCN1C(=O)c1cc(C)cc(C(=O)N[C@@H](Cc2ccccc2)[C@@H](N)C[C@@H](C)C(=O)Nc2ccc(F)cc2)c1. The average Bonchev–Trinajstić information content (AvgIpc) is 3.46. The number of benzene rings is 3. The number of nitrogens with one attached hydrogen (secondary N) is 2. The molecule has 1 aliphatic rings. The second-order valence-corrected chi connectivity index (χ2v) is 11.4. The molecule has 3 amide bonds. The van der Waals surface area contributed by atoms with Crippen molar-refractivity contribution < 1.29 is 18.8 Å². The van der Waals surface area contributed by atoms with E-state index in [4.69, 9.17) is 5.73 Å². The van der Waals surface area contributed by atoms with E-state index in [2.05, 4.69) is 17.6 Å². The van der Waals surface area contributed by atoms with E-state index in [0.29, 0.717) is 29.7 Å². The first kappa shape index (κ1) is 30.9. The van der Waals surface area contributed by atoms with Crippen LogP contribution in [0.2, 0.25) is 0 Å². The highest BCUT2D eigenvalue weighted by Gasteiger charge is 2.29. The molecule has 1 heterocycles. The maximum atomic E-state index is 13.6. The van der Waals surface area contributed by atoms with Crippen LogP contribution in [-0.4, -0.2) is 47.3 Å². The van der Waals surface area contributed by atoms with E-state index >= 15 is 0 Å². The molecule has 0 aliphatic carbocycles. The van der Waals surface area contributed by atoms with Crippen LogP contribution in [0.4, 0.5) is 10.1 Å². The molecule has 8 heteroatoms. The van der Waals surface area contributed by atoms with Crippen molar-refractivity contribution in [1.29, 1.82) is 0 Å². The summed E-state index contributed by atoms with van der Waals surface area (Å²) in [5, 5.41) is 5.90. The lowest BCUT2D eigenvalue weighted by atomic mass is 9.91. The summed E-state index contributed by atoms with van der Waals surface area (Å²) >= 11 is 0. The highest BCUT2D eigenvalue weighted by molar-refractivity contribution is 6.00. The van der Waals surface area contributed by atoms with Gasteiger partial charge in [0.1, 0.15) is 5.82 Å². The van der Waals surface area contributed by atoms with Crippen LogP contribution < -0.4 is 16.4 Å². The van der Waals surface area contributed by atoms with E-state index in [-0.39, 0.29) is 29.6 Å². The van der Waals surface area contributed by atoms with Crippen molar-refractivity contribution in [2.75, 3.05) is 11.9 Å². The molecule has 222 valence electrons. The summed E-state index contributed by atoms with van der Waals surface area (Å²) in [4.78, 5) is 41.8. The fraction of sp³-hybridized carbons (Fsp3) is 0.382. The molecule has 3 aromatic rings. The first-order valence-electron chi connectivity index (χ1n) is 14.7. The third-order valence-corrected chi connectivity index (χ3v) is 8.01. The standard InChI is InChI=1S/C34H41FN4O3/c1-4-29-11-8-16-39(29)34(42)26-18-22(2)17-25(21-26)33(41)38-31(20-24-9-6-5-7-10-24)30(36)19-23(3)32(40)37-28-14-12-27(35)13-15-28/h5-7,9-10,12-15,17-18,21,23,29-31H,4,8,11,16,19-20,36H2,1-3H3,(H,37,40)(H,38,41)/t23-,29+,30+,31+/m1/s1. The molecule has 1 fully saturated rings. The summed E-state index contributed by atoms with van der Waals surface area (Å²) in [5.41, 5.74) is 9.90. The fourth-order valence-electron chi connectivity index (χ4n) is 5.64. The van der Waals surface area contributed by atoms with Crippen LogP contribution in [0.1, 0.15) is 71.4 Å². The van der Waals surface area contributed by atoms with Gasteiger partial charge in [-0.05, 0) is 92.6 Å². The molecule has 4 rings (SSSR count). The second-order valence-electron chi connectivity index (χ2n) is 11.4. The molecule has 0 aromatic heterocycles. The van der Waals surface area contributed by atoms with Gasteiger partial charge in [-0.15, -0.1) is 0 Å². The average molecular weight is 573 g/mol. The van der Waals surface area contributed by atoms with Gasteiger partial charge in [0, 0.05) is 47.4 Å². The van der Waals surface area contributed by atoms with Crippen molar-refractivity contribution in [2.45, 2.75) is 71.0 Å². The Balaban J connectivity index is 1.49. The molecule has 4 N–H and O–H groups in total. The molecule has 0 bridgehead atoms. The smallest absolute Gasteiger partial charge is 0.254 e. The Hall–Kier alpha value is -4.04. The molecule has 1 aliphatic heterocycles. The van der Waals surface area contributed by atoms with Crippen molar-refractivity contribution in [3.63, 3.8) is 0 Å². The van der Waals surface area contributed by atoms with Crippen molar-refractivity contribution >= 4 is 23.4 Å². The zero-order valence-corrected chi connectivity index (χ0v) is 24.6. The predicted octanol–water partition coefficient (Wildman–Crippen LogP) is 5.48. The Morgan fingerprint density at radius 2 is 1.71 bits per heavy atom. The predicted molar refractivity (Wildman–Crippen MR) is 164 cm³/mol. The number of anilines is 1. The lowest BCUT2D eigenvalue weighted by molar-refractivity contribution is -0.119. The number of nitrogens with two attached hydrogens (primary N) is 1. The minimum Gasteiger partial charge on any atom is -0.347 e. The second kappa shape index (κ2) is 14.2. The van der Waals surface area contributed by atoms with E-state index in [1.165, 1.54) is 24.3 Å². The van der Waals surface area contributed by atoms with E-state index in [0.717, 1.165) is 36.9 Å². The Morgan fingerprint density at radius 1 is 1.02 bits per heavy atom. The van der Waals surface area contributed by atoms with E-state index < -0.39 is 18.0 Å². The highest BCUT2D eigenvalue weighted by atomic mass is 19.1. The molecular formula is C34H41FN4O3. The Kier molecular flexibility index (Phi) is 10.5. The first-order chi connectivity index (χ1) is 20.1. The van der Waals surface area contributed by atoms with E-state index in [1.807, 2.05) is 48.2 Å². The van der Waals surface area contributed by atoms with Gasteiger partial charge in [-0.2, -0.15) is 0 Å². The van der Waals surface area contributed by atoms with Gasteiger partial charge < -0.3 is 21.3 Å². The largest absolute Gasteiger partial charge is 0.347 e. The summed E-state index contributed by atoms with van der Waals surface area (Å²) in [6.07, 6.45) is 3.69. The summed E-state index contributed by atoms with van der Waals surface area (Å²) in [5.74, 6) is -1.45. The number of likely N-dealkylation sites (tertiary alicyclic amines) is 1. The number of carbonyl (C=O) groups is 3. The number of rotatable bonds is 11. The van der Waals surface area contributed by atoms with Crippen LogP contribution in [0, 0.1) is 18.7 Å². The first-order valence-corrected chi connectivity index (χ1v) is 14.7. The van der Waals surface area contributed by atoms with Crippen LogP contribution >= 0.6 is 0 Å². The summed E-state index contributed by atoms with van der Waals surface area (Å²) in [7, 11) is 0. The minimum atomic E-state index is -0.538. The highest BCUT2D eigenvalue weighted by Crippen LogP contribution is 2.24. The lowest BCUT2D eigenvalue weighted by Crippen LogP contribution is -2.50. The van der Waals surface area contributed by atoms with Crippen molar-refractivity contribution in [3.8, 4) is 0 Å². The minimum absolute atomic E-state index is 0.0457. The molecular weight excluding hydrogens is 531 g/mol. The van der Waals surface area contributed by atoms with Crippen LogP contribution in [0.25, 0.3) is 0 Å². The van der Waals surface area contributed by atoms with Gasteiger partial charge in [0.2, 0.25) is 5.91 Å². The molecule has 3 aromatic carbocycles. The number of halogens is 1. The van der Waals surface area contributed by atoms with Gasteiger partial charge >= 0.3 is 0 Å². The molecule has 0 spiro atoms. The zero-order chi connectivity index (χ0) is 30.2. The van der Waals surface area contributed by atoms with Gasteiger partial charge in [-0.3, -0.25) is 14.4 Å². The quantitative estimate of drug-likeness (QED) is 0.283. The molecule has 1 saturated heterocycles. The van der Waals surface area contributed by atoms with Gasteiger partial charge in [-0.25, -0.2) is 4.39 Å². The summed E-state index contributed by atoms with van der Waals surface area (Å²) < 4.78 is 13.3. The Morgan fingerprint density at radius 3 is 2.40 bits per heavy atom. The number of carbonyl (C=O) groups excluding carboxylic acids is 3. The maximum Gasteiger partial charge on any atom is 0.254 e. The molecule has 4 atom stereocenters. The Labute approximate surface area is 247 Å². The number of amides is 3. The van der Waals surface area contributed by atoms with E-state index in [1.54, 1.807) is 19.1 Å². The van der Waals surface area contributed by atoms with Gasteiger partial charge in [0.15, 0.2) is 0 Å². The number of hydrogen-bond acceptors (Lipinski definition) is 4. The molecule has 7 nitrogen and oxygen atoms in total. The van der Waals surface area contributed by atoms with Crippen LogP contribution in [0.5, 0.6) is 0 Å². The van der Waals surface area contributed by atoms with Gasteiger partial charge in [0.05, 0.1) is 0 Å². The third kappa shape index (κ3) is 8.03. The van der Waals surface area contributed by atoms with Crippen molar-refractivity contribution in [2.24, 2.45) is 11.7 Å². The van der Waals surface area contributed by atoms with Crippen LogP contribution in [0.15, 0.2) is 72.8 Å². The molecule has 0 unspecified atom stereocenters. The van der Waals surface area contributed by atoms with Gasteiger partial charge in [0.25, 0.3) is 11.8 Å². The summed E-state index contributed by atoms with van der Waals surface area (Å²) in [6, 6.07) is 19.8. The summed E-state index contributed by atoms with van der Waals surface area (Å²) in [6.45, 7) is 6.48. The fourth-order valence-corrected chi connectivity index (χ4v) is 5.64. The van der Waals surface area contributed by atoms with Crippen molar-refractivity contribution in [1.82, 2.24) is 10.2 Å². The zero-order valence-electron chi connectivity index (χ0n) is 24.6. The molecule has 0 radical (unpaired) electrons. The number of nitrogens with zero attached hydrogens (tertiary/aromatic N) is 1. The van der Waals surface area contributed by atoms with Crippen LogP contribution in [-0.2, 0) is 11.2 Å². The molecule has 0 saturated carbocycles. The topological polar surface area (TPSA) is 105 Å². The van der Waals surface area contributed by atoms with E-state index in [9.17, 15) is 18.8 Å². The normalized spacial score (nSPS) is 16.9. The van der Waals surface area contributed by atoms with Crippen LogP contribution in [0.3, 0.4) is 0 Å². The lowest BCUT2D eigenvalue weighted by Gasteiger charge is -2.28. The monoisotopic (exact) mass is 572 g/mol. The maximum absolute atomic E-state index is 13.6. The van der Waals surface area contributed by atoms with Gasteiger partial charge in [-0.1, -0.05) is 44.2 Å². The molecule has 42 heavy (non-hydrogen) atoms. The third-order valence-electron chi connectivity index (χ3n) is 8.01. The van der Waals surface area contributed by atoms with Crippen molar-refractivity contribution in [3.05, 3.63) is 101 Å². The Bertz CT molecular complexity index is 1380.